The van der Waals surface area contributed by atoms with Gasteiger partial charge in [-0.25, -0.2) is 4.98 Å². The Hall–Kier alpha value is -2.70. The number of rotatable bonds is 4. The fourth-order valence-corrected chi connectivity index (χ4v) is 1.81. The normalized spacial score (nSPS) is 10.7. The van der Waals surface area contributed by atoms with Gasteiger partial charge >= 0.3 is 0 Å². The minimum atomic E-state index is -0.114. The summed E-state index contributed by atoms with van der Waals surface area (Å²) in [5.41, 5.74) is 2.30. The molecule has 0 saturated heterocycles. The third kappa shape index (κ3) is 2.44. The van der Waals surface area contributed by atoms with Gasteiger partial charge in [0.1, 0.15) is 0 Å². The molecule has 1 aromatic carbocycles. The maximum atomic E-state index is 11.9. The van der Waals surface area contributed by atoms with Gasteiger partial charge in [0, 0.05) is 18.3 Å². The average Bonchev–Trinajstić information content (AvgIpc) is 3.08. The number of nitrogens with zero attached hydrogens (tertiary/aromatic N) is 4. The molecule has 0 saturated carbocycles. The Morgan fingerprint density at radius 1 is 1.42 bits per heavy atom. The van der Waals surface area contributed by atoms with Crippen LogP contribution >= 0.6 is 0 Å². The zero-order chi connectivity index (χ0) is 13.1. The lowest BCUT2D eigenvalue weighted by molar-refractivity contribution is 0.0952. The average molecular weight is 256 g/mol. The predicted molar refractivity (Wildman–Crippen MR) is 68.4 cm³/mol. The fraction of sp³-hybridized carbons (Fsp3) is 0.167. The Kier molecular flexibility index (Phi) is 2.93. The van der Waals surface area contributed by atoms with E-state index in [2.05, 4.69) is 25.6 Å². The number of fused-ring (bicyclic) bond motifs is 1. The summed E-state index contributed by atoms with van der Waals surface area (Å²) in [6.07, 6.45) is 4.97. The SMILES string of the molecule is O=C(NCCn1ccnn1)c1ccc2nc[nH]c2c1. The Balaban J connectivity index is 1.63. The molecular weight excluding hydrogens is 244 g/mol. The second kappa shape index (κ2) is 4.89. The van der Waals surface area contributed by atoms with Crippen molar-refractivity contribution in [2.45, 2.75) is 6.54 Å². The molecule has 0 unspecified atom stereocenters. The summed E-state index contributed by atoms with van der Waals surface area (Å²) in [5, 5.41) is 10.3. The molecule has 0 aliphatic carbocycles. The lowest BCUT2D eigenvalue weighted by atomic mass is 10.2. The molecule has 3 aromatic rings. The van der Waals surface area contributed by atoms with Crippen LogP contribution in [0.5, 0.6) is 0 Å². The minimum Gasteiger partial charge on any atom is -0.350 e. The fourth-order valence-electron chi connectivity index (χ4n) is 1.81. The maximum absolute atomic E-state index is 11.9. The molecule has 0 fully saturated rings. The van der Waals surface area contributed by atoms with Gasteiger partial charge in [0.05, 0.1) is 30.1 Å². The van der Waals surface area contributed by atoms with Crippen molar-refractivity contribution in [1.82, 2.24) is 30.3 Å². The first-order valence-electron chi connectivity index (χ1n) is 5.88. The van der Waals surface area contributed by atoms with Crippen molar-refractivity contribution >= 4 is 16.9 Å². The van der Waals surface area contributed by atoms with E-state index in [1.165, 1.54) is 0 Å². The summed E-state index contributed by atoms with van der Waals surface area (Å²) in [7, 11) is 0. The van der Waals surface area contributed by atoms with Crippen LogP contribution < -0.4 is 5.32 Å². The van der Waals surface area contributed by atoms with Gasteiger partial charge in [0.25, 0.3) is 5.91 Å². The third-order valence-electron chi connectivity index (χ3n) is 2.78. The van der Waals surface area contributed by atoms with Crippen LogP contribution in [0.2, 0.25) is 0 Å². The number of carbonyl (C=O) groups excluding carboxylic acids is 1. The van der Waals surface area contributed by atoms with Crippen molar-refractivity contribution in [2.75, 3.05) is 6.54 Å². The van der Waals surface area contributed by atoms with E-state index < -0.39 is 0 Å². The number of carbonyl (C=O) groups is 1. The Labute approximate surface area is 108 Å². The van der Waals surface area contributed by atoms with Crippen molar-refractivity contribution < 1.29 is 4.79 Å². The molecule has 0 radical (unpaired) electrons. The molecule has 19 heavy (non-hydrogen) atoms. The number of imidazole rings is 1. The van der Waals surface area contributed by atoms with E-state index in [0.29, 0.717) is 18.7 Å². The van der Waals surface area contributed by atoms with Gasteiger partial charge in [-0.2, -0.15) is 0 Å². The number of H-pyrrole nitrogens is 1. The van der Waals surface area contributed by atoms with Gasteiger partial charge in [-0.05, 0) is 18.2 Å². The monoisotopic (exact) mass is 256 g/mol. The van der Waals surface area contributed by atoms with E-state index in [4.69, 9.17) is 0 Å². The molecule has 0 bridgehead atoms. The van der Waals surface area contributed by atoms with Crippen LogP contribution in [0.4, 0.5) is 0 Å². The molecule has 96 valence electrons. The summed E-state index contributed by atoms with van der Waals surface area (Å²) in [6, 6.07) is 5.36. The summed E-state index contributed by atoms with van der Waals surface area (Å²) < 4.78 is 1.67. The molecule has 1 amide bonds. The Morgan fingerprint density at radius 3 is 3.21 bits per heavy atom. The second-order valence-electron chi connectivity index (χ2n) is 4.06. The highest BCUT2D eigenvalue weighted by molar-refractivity contribution is 5.97. The first-order chi connectivity index (χ1) is 9.33. The molecule has 7 nitrogen and oxygen atoms in total. The summed E-state index contributed by atoms with van der Waals surface area (Å²) in [4.78, 5) is 19.0. The van der Waals surface area contributed by atoms with Crippen LogP contribution in [0.3, 0.4) is 0 Å². The van der Waals surface area contributed by atoms with Gasteiger partial charge in [-0.1, -0.05) is 5.21 Å². The topological polar surface area (TPSA) is 88.5 Å². The zero-order valence-electron chi connectivity index (χ0n) is 10.1. The molecule has 3 rings (SSSR count). The first-order valence-corrected chi connectivity index (χ1v) is 5.88. The highest BCUT2D eigenvalue weighted by Crippen LogP contribution is 2.11. The lowest BCUT2D eigenvalue weighted by Crippen LogP contribution is -2.27. The number of aromatic amines is 1. The van der Waals surface area contributed by atoms with Gasteiger partial charge in [-0.15, -0.1) is 5.10 Å². The van der Waals surface area contributed by atoms with E-state index in [1.807, 2.05) is 6.07 Å². The quantitative estimate of drug-likeness (QED) is 0.714. The molecule has 2 heterocycles. The van der Waals surface area contributed by atoms with Gasteiger partial charge in [-0.3, -0.25) is 9.48 Å². The van der Waals surface area contributed by atoms with Gasteiger partial charge in [0.15, 0.2) is 0 Å². The lowest BCUT2D eigenvalue weighted by Gasteiger charge is -2.05. The first kappa shape index (κ1) is 11.4. The minimum absolute atomic E-state index is 0.114. The van der Waals surface area contributed by atoms with Crippen molar-refractivity contribution in [3.8, 4) is 0 Å². The highest BCUT2D eigenvalue weighted by Gasteiger charge is 2.06. The van der Waals surface area contributed by atoms with Crippen LogP contribution in [-0.2, 0) is 6.54 Å². The summed E-state index contributed by atoms with van der Waals surface area (Å²) in [6.45, 7) is 1.10. The molecule has 2 aromatic heterocycles. The zero-order valence-corrected chi connectivity index (χ0v) is 10.1. The summed E-state index contributed by atoms with van der Waals surface area (Å²) >= 11 is 0. The van der Waals surface area contributed by atoms with Crippen molar-refractivity contribution in [2.24, 2.45) is 0 Å². The molecule has 2 N–H and O–H groups in total. The number of hydrogen-bond acceptors (Lipinski definition) is 4. The van der Waals surface area contributed by atoms with Crippen molar-refractivity contribution in [3.63, 3.8) is 0 Å². The van der Waals surface area contributed by atoms with Crippen LogP contribution in [-0.4, -0.2) is 37.4 Å². The standard InChI is InChI=1S/C12H12N6O/c19-12(13-3-5-18-6-4-16-17-18)9-1-2-10-11(7-9)15-8-14-10/h1-2,4,6-8H,3,5H2,(H,13,19)(H,14,15). The molecular formula is C12H12N6O. The van der Waals surface area contributed by atoms with E-state index in [1.54, 1.807) is 35.5 Å². The van der Waals surface area contributed by atoms with E-state index in [9.17, 15) is 4.79 Å². The third-order valence-corrected chi connectivity index (χ3v) is 2.78. The van der Waals surface area contributed by atoms with Crippen LogP contribution in [0.15, 0.2) is 36.9 Å². The molecule has 0 aliphatic heterocycles. The maximum Gasteiger partial charge on any atom is 0.251 e. The molecule has 0 spiro atoms. The van der Waals surface area contributed by atoms with Crippen molar-refractivity contribution in [3.05, 3.63) is 42.5 Å². The second-order valence-corrected chi connectivity index (χ2v) is 4.06. The predicted octanol–water partition coefficient (Wildman–Crippen LogP) is 0.584. The number of amides is 1. The number of hydrogen-bond donors (Lipinski definition) is 2. The molecule has 0 aliphatic rings. The van der Waals surface area contributed by atoms with Crippen LogP contribution in [0.1, 0.15) is 10.4 Å². The Morgan fingerprint density at radius 2 is 2.37 bits per heavy atom. The number of nitrogens with one attached hydrogen (secondary N) is 2. The molecule has 0 atom stereocenters. The van der Waals surface area contributed by atoms with Gasteiger partial charge < -0.3 is 10.3 Å². The van der Waals surface area contributed by atoms with Gasteiger partial charge in [0.2, 0.25) is 0 Å². The Bertz CT molecular complexity index is 687. The van der Waals surface area contributed by atoms with Crippen LogP contribution in [0.25, 0.3) is 11.0 Å². The van der Waals surface area contributed by atoms with Crippen LogP contribution in [0, 0.1) is 0 Å². The van der Waals surface area contributed by atoms with E-state index in [-0.39, 0.29) is 5.91 Å². The van der Waals surface area contributed by atoms with E-state index >= 15 is 0 Å². The number of aromatic nitrogens is 5. The molecule has 7 heteroatoms. The highest BCUT2D eigenvalue weighted by atomic mass is 16.1. The summed E-state index contributed by atoms with van der Waals surface area (Å²) in [5.74, 6) is -0.114. The largest absolute Gasteiger partial charge is 0.350 e. The van der Waals surface area contributed by atoms with E-state index in [0.717, 1.165) is 11.0 Å². The number of benzene rings is 1. The van der Waals surface area contributed by atoms with Crippen molar-refractivity contribution in [1.29, 1.82) is 0 Å². The smallest absolute Gasteiger partial charge is 0.251 e.